The Morgan fingerprint density at radius 1 is 1.35 bits per heavy atom. The maximum Gasteiger partial charge on any atom is 0.262 e. The average molecular weight is 291 g/mol. The highest BCUT2D eigenvalue weighted by Crippen LogP contribution is 2.19. The molecule has 1 fully saturated rings. The van der Waals surface area contributed by atoms with Crippen molar-refractivity contribution >= 4 is 27.5 Å². The highest BCUT2D eigenvalue weighted by molar-refractivity contribution is 7.18. The minimum absolute atomic E-state index is 0.0138. The van der Waals surface area contributed by atoms with E-state index in [4.69, 9.17) is 0 Å². The van der Waals surface area contributed by atoms with E-state index in [-0.39, 0.29) is 18.0 Å². The lowest BCUT2D eigenvalue weighted by Crippen LogP contribution is -2.39. The van der Waals surface area contributed by atoms with Gasteiger partial charge in [-0.3, -0.25) is 14.2 Å². The van der Waals surface area contributed by atoms with E-state index in [1.165, 1.54) is 28.7 Å². The predicted octanol–water partition coefficient (Wildman–Crippen LogP) is 1.78. The number of thiophene rings is 1. The predicted molar refractivity (Wildman–Crippen MR) is 79.0 cm³/mol. The number of nitrogens with zero attached hydrogens (tertiary/aromatic N) is 3. The number of carbonyl (C=O) groups excluding carboxylic acids is 1. The summed E-state index contributed by atoms with van der Waals surface area (Å²) in [6, 6.07) is 1.84. The summed E-state index contributed by atoms with van der Waals surface area (Å²) >= 11 is 1.50. The molecule has 3 rings (SSSR count). The first-order valence-corrected chi connectivity index (χ1v) is 7.70. The van der Waals surface area contributed by atoms with Crippen molar-refractivity contribution in [1.29, 1.82) is 0 Å². The van der Waals surface area contributed by atoms with Gasteiger partial charge in [0.15, 0.2) is 0 Å². The van der Waals surface area contributed by atoms with Crippen LogP contribution < -0.4 is 5.56 Å². The monoisotopic (exact) mass is 291 g/mol. The number of fused-ring (bicyclic) bond motifs is 1. The van der Waals surface area contributed by atoms with Gasteiger partial charge in [-0.25, -0.2) is 4.98 Å². The smallest absolute Gasteiger partial charge is 0.262 e. The molecule has 0 N–H and O–H groups in total. The largest absolute Gasteiger partial charge is 0.341 e. The Hall–Kier alpha value is -1.69. The minimum Gasteiger partial charge on any atom is -0.341 e. The van der Waals surface area contributed by atoms with Gasteiger partial charge in [0, 0.05) is 18.0 Å². The number of amides is 1. The third-order valence-corrected chi connectivity index (χ3v) is 4.61. The summed E-state index contributed by atoms with van der Waals surface area (Å²) in [7, 11) is 0. The van der Waals surface area contributed by atoms with E-state index >= 15 is 0 Å². The van der Waals surface area contributed by atoms with Gasteiger partial charge in [-0.15, -0.1) is 11.3 Å². The van der Waals surface area contributed by atoms with Crippen molar-refractivity contribution in [2.75, 3.05) is 13.1 Å². The van der Waals surface area contributed by atoms with Crippen LogP contribution in [0.1, 0.15) is 24.1 Å². The molecule has 0 aromatic carbocycles. The lowest BCUT2D eigenvalue weighted by Gasteiger charge is -2.26. The van der Waals surface area contributed by atoms with Crippen LogP contribution in [-0.2, 0) is 11.3 Å². The molecule has 1 aliphatic heterocycles. The summed E-state index contributed by atoms with van der Waals surface area (Å²) in [5.41, 5.74) is -0.121. The Kier molecular flexibility index (Phi) is 3.56. The molecular weight excluding hydrogens is 274 g/mol. The zero-order valence-electron chi connectivity index (χ0n) is 11.5. The molecule has 1 saturated heterocycles. The highest BCUT2D eigenvalue weighted by Gasteiger charge is 2.18. The summed E-state index contributed by atoms with van der Waals surface area (Å²) in [6.45, 7) is 3.66. The third kappa shape index (κ3) is 2.47. The van der Waals surface area contributed by atoms with Gasteiger partial charge in [-0.1, -0.05) is 0 Å². The number of likely N-dealkylation sites (tertiary alicyclic amines) is 1. The Morgan fingerprint density at radius 3 is 2.85 bits per heavy atom. The summed E-state index contributed by atoms with van der Waals surface area (Å²) in [6.07, 6.45) is 4.79. The van der Waals surface area contributed by atoms with Gasteiger partial charge in [-0.2, -0.15) is 0 Å². The number of aromatic nitrogens is 2. The number of piperidine rings is 1. The van der Waals surface area contributed by atoms with E-state index in [1.807, 2.05) is 17.9 Å². The molecule has 3 heterocycles. The Balaban J connectivity index is 1.85. The van der Waals surface area contributed by atoms with Gasteiger partial charge in [-0.05, 0) is 32.3 Å². The fourth-order valence-corrected chi connectivity index (χ4v) is 3.42. The van der Waals surface area contributed by atoms with Gasteiger partial charge in [0.25, 0.3) is 5.56 Å². The molecule has 0 bridgehead atoms. The Morgan fingerprint density at radius 2 is 2.10 bits per heavy atom. The zero-order chi connectivity index (χ0) is 14.1. The van der Waals surface area contributed by atoms with Gasteiger partial charge < -0.3 is 4.90 Å². The zero-order valence-corrected chi connectivity index (χ0v) is 12.3. The molecule has 1 aliphatic rings. The van der Waals surface area contributed by atoms with Crippen LogP contribution in [0.5, 0.6) is 0 Å². The minimum atomic E-state index is -0.121. The summed E-state index contributed by atoms with van der Waals surface area (Å²) in [5.74, 6) is 0.0138. The van der Waals surface area contributed by atoms with Crippen LogP contribution >= 0.6 is 11.3 Å². The van der Waals surface area contributed by atoms with E-state index < -0.39 is 0 Å². The molecule has 2 aromatic heterocycles. The molecule has 0 saturated carbocycles. The van der Waals surface area contributed by atoms with Crippen molar-refractivity contribution in [2.45, 2.75) is 32.7 Å². The normalized spacial score (nSPS) is 15.8. The van der Waals surface area contributed by atoms with Crippen molar-refractivity contribution in [3.8, 4) is 0 Å². The van der Waals surface area contributed by atoms with E-state index in [2.05, 4.69) is 4.98 Å². The standard InChI is InChI=1S/C14H17N3O2S/c1-10-7-11-13(20-10)15-9-17(14(11)19)8-12(18)16-5-3-2-4-6-16/h7,9H,2-6,8H2,1H3. The molecule has 6 heteroatoms. The van der Waals surface area contributed by atoms with Crippen LogP contribution in [0.15, 0.2) is 17.2 Å². The van der Waals surface area contributed by atoms with E-state index in [0.29, 0.717) is 5.39 Å². The Labute approximate surface area is 120 Å². The number of aryl methyl sites for hydroxylation is 1. The molecule has 5 nitrogen and oxygen atoms in total. The van der Waals surface area contributed by atoms with Gasteiger partial charge >= 0.3 is 0 Å². The van der Waals surface area contributed by atoms with Crippen molar-refractivity contribution in [3.05, 3.63) is 27.6 Å². The fourth-order valence-electron chi connectivity index (χ4n) is 2.58. The molecule has 0 atom stereocenters. The molecule has 20 heavy (non-hydrogen) atoms. The lowest BCUT2D eigenvalue weighted by molar-refractivity contribution is -0.132. The molecule has 0 spiro atoms. The first-order chi connectivity index (χ1) is 9.65. The summed E-state index contributed by atoms with van der Waals surface area (Å²) in [5, 5.41) is 0.612. The number of hydrogen-bond donors (Lipinski definition) is 0. The number of rotatable bonds is 2. The van der Waals surface area contributed by atoms with Gasteiger partial charge in [0.1, 0.15) is 11.4 Å². The fraction of sp³-hybridized carbons (Fsp3) is 0.500. The van der Waals surface area contributed by atoms with Crippen LogP contribution in [0, 0.1) is 6.92 Å². The van der Waals surface area contributed by atoms with Crippen LogP contribution in [0.25, 0.3) is 10.2 Å². The maximum atomic E-state index is 12.3. The average Bonchev–Trinajstić information content (AvgIpc) is 2.84. The third-order valence-electron chi connectivity index (χ3n) is 3.66. The molecule has 2 aromatic rings. The first-order valence-electron chi connectivity index (χ1n) is 6.88. The van der Waals surface area contributed by atoms with Crippen molar-refractivity contribution in [1.82, 2.24) is 14.5 Å². The quantitative estimate of drug-likeness (QED) is 0.847. The van der Waals surface area contributed by atoms with E-state index in [1.54, 1.807) is 0 Å². The van der Waals surface area contributed by atoms with Crippen LogP contribution in [0.4, 0.5) is 0 Å². The number of carbonyl (C=O) groups is 1. The molecule has 1 amide bonds. The second kappa shape index (κ2) is 5.36. The molecule has 106 valence electrons. The summed E-state index contributed by atoms with van der Waals surface area (Å²) in [4.78, 5) is 32.4. The maximum absolute atomic E-state index is 12.3. The molecular formula is C14H17N3O2S. The molecule has 0 radical (unpaired) electrons. The van der Waals surface area contributed by atoms with Crippen molar-refractivity contribution in [3.63, 3.8) is 0 Å². The summed E-state index contributed by atoms with van der Waals surface area (Å²) < 4.78 is 1.42. The van der Waals surface area contributed by atoms with Crippen LogP contribution in [-0.4, -0.2) is 33.4 Å². The second-order valence-electron chi connectivity index (χ2n) is 5.19. The highest BCUT2D eigenvalue weighted by atomic mass is 32.1. The van der Waals surface area contributed by atoms with E-state index in [0.717, 1.165) is 35.6 Å². The number of hydrogen-bond acceptors (Lipinski definition) is 4. The SMILES string of the molecule is Cc1cc2c(=O)n(CC(=O)N3CCCCC3)cnc2s1. The molecule has 0 aliphatic carbocycles. The van der Waals surface area contributed by atoms with Crippen molar-refractivity contribution in [2.24, 2.45) is 0 Å². The van der Waals surface area contributed by atoms with Crippen LogP contribution in [0.2, 0.25) is 0 Å². The topological polar surface area (TPSA) is 55.2 Å². The van der Waals surface area contributed by atoms with Gasteiger partial charge in [0.2, 0.25) is 5.91 Å². The first kappa shape index (κ1) is 13.3. The van der Waals surface area contributed by atoms with Crippen LogP contribution in [0.3, 0.4) is 0 Å². The molecule has 0 unspecified atom stereocenters. The van der Waals surface area contributed by atoms with Crippen molar-refractivity contribution < 1.29 is 4.79 Å². The lowest BCUT2D eigenvalue weighted by atomic mass is 10.1. The second-order valence-corrected chi connectivity index (χ2v) is 6.43. The Bertz CT molecular complexity index is 698. The van der Waals surface area contributed by atoms with E-state index in [9.17, 15) is 9.59 Å². The van der Waals surface area contributed by atoms with Gasteiger partial charge in [0.05, 0.1) is 11.7 Å².